The van der Waals surface area contributed by atoms with Gasteiger partial charge in [-0.1, -0.05) is 50.1 Å². The Morgan fingerprint density at radius 3 is 2.90 bits per heavy atom. The van der Waals surface area contributed by atoms with Crippen LogP contribution in [0.15, 0.2) is 34.8 Å². The van der Waals surface area contributed by atoms with Crippen molar-refractivity contribution in [3.63, 3.8) is 0 Å². The molecule has 0 saturated heterocycles. The molecule has 2 aromatic carbocycles. The molecule has 2 nitrogen and oxygen atoms in total. The quantitative estimate of drug-likeness (QED) is 0.646. The third-order valence-corrected chi connectivity index (χ3v) is 4.70. The van der Waals surface area contributed by atoms with Crippen LogP contribution in [0, 0.1) is 6.92 Å². The van der Waals surface area contributed by atoms with Gasteiger partial charge in [0, 0.05) is 27.4 Å². The second-order valence-electron chi connectivity index (χ2n) is 5.14. The van der Waals surface area contributed by atoms with E-state index in [0.29, 0.717) is 6.61 Å². The highest BCUT2D eigenvalue weighted by Gasteiger charge is 2.18. The van der Waals surface area contributed by atoms with Crippen molar-refractivity contribution in [1.29, 1.82) is 0 Å². The second-order valence-corrected chi connectivity index (χ2v) is 6.61. The van der Waals surface area contributed by atoms with Crippen molar-refractivity contribution in [2.45, 2.75) is 25.3 Å². The maximum absolute atomic E-state index is 6.09. The van der Waals surface area contributed by atoms with Crippen LogP contribution in [0.5, 0.6) is 11.5 Å². The van der Waals surface area contributed by atoms with Gasteiger partial charge in [0.25, 0.3) is 0 Å². The summed E-state index contributed by atoms with van der Waals surface area (Å²) in [6.07, 6.45) is 0.971. The summed E-state index contributed by atoms with van der Waals surface area (Å²) < 4.78 is 12.9. The first kappa shape index (κ1) is 14.9. The van der Waals surface area contributed by atoms with Gasteiger partial charge >= 0.3 is 0 Å². The van der Waals surface area contributed by atoms with Crippen LogP contribution < -0.4 is 9.47 Å². The number of fused-ring (bicyclic) bond motifs is 1. The summed E-state index contributed by atoms with van der Waals surface area (Å²) in [7, 11) is 0. The number of ether oxygens (including phenoxy) is 2. The van der Waals surface area contributed by atoms with Crippen molar-refractivity contribution >= 4 is 31.9 Å². The molecule has 0 saturated carbocycles. The SMILES string of the molecule is Cc1cccc(CBr)c1OCc1cc(Br)cc2c1OCC2. The van der Waals surface area contributed by atoms with Crippen molar-refractivity contribution in [3.05, 3.63) is 57.1 Å². The van der Waals surface area contributed by atoms with E-state index in [4.69, 9.17) is 9.47 Å². The van der Waals surface area contributed by atoms with Gasteiger partial charge in [-0.2, -0.15) is 0 Å². The molecule has 1 aliphatic rings. The predicted octanol–water partition coefficient (Wildman–Crippen LogP) is 5.17. The Hall–Kier alpha value is -1.00. The third-order valence-electron chi connectivity index (χ3n) is 3.63. The van der Waals surface area contributed by atoms with E-state index in [1.807, 2.05) is 0 Å². The van der Waals surface area contributed by atoms with Crippen LogP contribution in [0.25, 0.3) is 0 Å². The second kappa shape index (κ2) is 6.41. The van der Waals surface area contributed by atoms with Gasteiger partial charge in [-0.15, -0.1) is 0 Å². The molecule has 0 N–H and O–H groups in total. The van der Waals surface area contributed by atoms with Gasteiger partial charge < -0.3 is 9.47 Å². The molecular formula is C17H16Br2O2. The lowest BCUT2D eigenvalue weighted by atomic mass is 10.1. The summed E-state index contributed by atoms with van der Waals surface area (Å²) in [4.78, 5) is 0. The number of benzene rings is 2. The zero-order chi connectivity index (χ0) is 14.8. The minimum Gasteiger partial charge on any atom is -0.493 e. The Kier molecular flexibility index (Phi) is 4.55. The van der Waals surface area contributed by atoms with Crippen molar-refractivity contribution in [1.82, 2.24) is 0 Å². The summed E-state index contributed by atoms with van der Waals surface area (Å²) in [6, 6.07) is 10.4. The van der Waals surface area contributed by atoms with Crippen molar-refractivity contribution < 1.29 is 9.47 Å². The summed E-state index contributed by atoms with van der Waals surface area (Å²) in [5.74, 6) is 1.95. The lowest BCUT2D eigenvalue weighted by Gasteiger charge is -2.15. The smallest absolute Gasteiger partial charge is 0.129 e. The molecule has 0 unspecified atom stereocenters. The predicted molar refractivity (Wildman–Crippen MR) is 91.5 cm³/mol. The zero-order valence-electron chi connectivity index (χ0n) is 11.8. The average molecular weight is 412 g/mol. The van der Waals surface area contributed by atoms with E-state index < -0.39 is 0 Å². The molecule has 0 spiro atoms. The van der Waals surface area contributed by atoms with E-state index in [2.05, 4.69) is 69.1 Å². The largest absolute Gasteiger partial charge is 0.493 e. The van der Waals surface area contributed by atoms with Gasteiger partial charge in [-0.3, -0.25) is 0 Å². The molecule has 3 rings (SSSR count). The minimum absolute atomic E-state index is 0.520. The topological polar surface area (TPSA) is 18.5 Å². The molecule has 0 radical (unpaired) electrons. The zero-order valence-corrected chi connectivity index (χ0v) is 15.0. The first-order valence-electron chi connectivity index (χ1n) is 6.90. The Labute approximate surface area is 141 Å². The molecule has 0 aromatic heterocycles. The van der Waals surface area contributed by atoms with Gasteiger partial charge in [0.1, 0.15) is 18.1 Å². The number of hydrogen-bond acceptors (Lipinski definition) is 2. The standard InChI is InChI=1S/C17H16Br2O2/c1-11-3-2-4-13(9-18)16(11)21-10-14-8-15(19)7-12-5-6-20-17(12)14/h2-4,7-8H,5-6,9-10H2,1H3. The van der Waals surface area contributed by atoms with Gasteiger partial charge in [0.15, 0.2) is 0 Å². The number of rotatable bonds is 4. The average Bonchev–Trinajstić information content (AvgIpc) is 2.93. The molecule has 0 amide bonds. The summed E-state index contributed by atoms with van der Waals surface area (Å²) in [5, 5.41) is 0.789. The molecule has 110 valence electrons. The van der Waals surface area contributed by atoms with E-state index in [1.54, 1.807) is 0 Å². The highest BCUT2D eigenvalue weighted by atomic mass is 79.9. The lowest BCUT2D eigenvalue weighted by molar-refractivity contribution is 0.288. The van der Waals surface area contributed by atoms with Gasteiger partial charge in [0.2, 0.25) is 0 Å². The molecule has 1 aliphatic heterocycles. The van der Waals surface area contributed by atoms with Crippen molar-refractivity contribution in [3.8, 4) is 11.5 Å². The highest BCUT2D eigenvalue weighted by Crippen LogP contribution is 2.34. The first-order valence-corrected chi connectivity index (χ1v) is 8.82. The molecule has 1 heterocycles. The fourth-order valence-corrected chi connectivity index (χ4v) is 3.62. The number of para-hydroxylation sites is 1. The molecular weight excluding hydrogens is 396 g/mol. The first-order chi connectivity index (χ1) is 10.2. The van der Waals surface area contributed by atoms with E-state index in [1.165, 1.54) is 11.1 Å². The summed E-state index contributed by atoms with van der Waals surface area (Å²) in [6.45, 7) is 3.35. The molecule has 0 atom stereocenters. The highest BCUT2D eigenvalue weighted by molar-refractivity contribution is 9.10. The van der Waals surface area contributed by atoms with E-state index >= 15 is 0 Å². The van der Waals surface area contributed by atoms with Crippen molar-refractivity contribution in [2.75, 3.05) is 6.61 Å². The molecule has 0 bridgehead atoms. The fraction of sp³-hybridized carbons (Fsp3) is 0.294. The Bertz CT molecular complexity index is 668. The maximum Gasteiger partial charge on any atom is 0.129 e. The number of halogens is 2. The molecule has 4 heteroatoms. The number of alkyl halides is 1. The normalized spacial score (nSPS) is 12.9. The Morgan fingerprint density at radius 2 is 2.10 bits per heavy atom. The molecule has 21 heavy (non-hydrogen) atoms. The van der Waals surface area contributed by atoms with Crippen LogP contribution >= 0.6 is 31.9 Å². The third kappa shape index (κ3) is 3.11. The van der Waals surface area contributed by atoms with Crippen LogP contribution in [0.3, 0.4) is 0 Å². The summed E-state index contributed by atoms with van der Waals surface area (Å²) >= 11 is 7.08. The van der Waals surface area contributed by atoms with Gasteiger partial charge in [-0.05, 0) is 30.2 Å². The van der Waals surface area contributed by atoms with Crippen LogP contribution in [0.1, 0.15) is 22.3 Å². The molecule has 2 aromatic rings. The van der Waals surface area contributed by atoms with Crippen molar-refractivity contribution in [2.24, 2.45) is 0 Å². The number of aryl methyl sites for hydroxylation is 1. The molecule has 0 fully saturated rings. The van der Waals surface area contributed by atoms with Crippen LogP contribution in [0.2, 0.25) is 0 Å². The lowest BCUT2D eigenvalue weighted by Crippen LogP contribution is -2.02. The van der Waals surface area contributed by atoms with Crippen LogP contribution in [-0.2, 0) is 18.4 Å². The Morgan fingerprint density at radius 1 is 1.24 bits per heavy atom. The summed E-state index contributed by atoms with van der Waals surface area (Å²) in [5.41, 5.74) is 4.68. The number of hydrogen-bond donors (Lipinski definition) is 0. The van der Waals surface area contributed by atoms with Gasteiger partial charge in [0.05, 0.1) is 6.61 Å². The monoisotopic (exact) mass is 410 g/mol. The van der Waals surface area contributed by atoms with Crippen LogP contribution in [-0.4, -0.2) is 6.61 Å². The van der Waals surface area contributed by atoms with E-state index in [-0.39, 0.29) is 0 Å². The van der Waals surface area contributed by atoms with E-state index in [0.717, 1.165) is 45.5 Å². The fourth-order valence-electron chi connectivity index (χ4n) is 2.63. The Balaban J connectivity index is 1.86. The minimum atomic E-state index is 0.520. The van der Waals surface area contributed by atoms with Gasteiger partial charge in [-0.25, -0.2) is 0 Å². The van der Waals surface area contributed by atoms with E-state index in [9.17, 15) is 0 Å². The molecule has 0 aliphatic carbocycles. The maximum atomic E-state index is 6.09. The van der Waals surface area contributed by atoms with Crippen LogP contribution in [0.4, 0.5) is 0 Å².